The van der Waals surface area contributed by atoms with Gasteiger partial charge in [-0.15, -0.1) is 10.2 Å². The predicted octanol–water partition coefficient (Wildman–Crippen LogP) is 4.21. The first-order chi connectivity index (χ1) is 15.5. The van der Waals surface area contributed by atoms with Crippen molar-refractivity contribution >= 4 is 11.6 Å². The Bertz CT molecular complexity index is 1310. The van der Waals surface area contributed by atoms with Gasteiger partial charge in [0.05, 0.1) is 5.56 Å². The Kier molecular flexibility index (Phi) is 5.01. The van der Waals surface area contributed by atoms with Gasteiger partial charge in [0.2, 0.25) is 0 Å². The normalized spacial score (nSPS) is 13.1. The van der Waals surface area contributed by atoms with Crippen LogP contribution >= 0.6 is 0 Å². The molecule has 4 aromatic rings. The summed E-state index contributed by atoms with van der Waals surface area (Å²) in [7, 11) is 1.63. The molecule has 0 atom stereocenters. The van der Waals surface area contributed by atoms with Crippen molar-refractivity contribution in [3.8, 4) is 22.6 Å². The third kappa shape index (κ3) is 3.66. The van der Waals surface area contributed by atoms with Crippen molar-refractivity contribution in [2.75, 3.05) is 5.32 Å². The molecule has 0 radical (unpaired) electrons. The molecule has 0 saturated heterocycles. The summed E-state index contributed by atoms with van der Waals surface area (Å²) in [4.78, 5) is 12.9. The van der Waals surface area contributed by atoms with Crippen molar-refractivity contribution in [3.63, 3.8) is 0 Å². The number of nitrogens with zero attached hydrogens (tertiary/aromatic N) is 5. The fraction of sp³-hybridized carbons (Fsp3) is 0.217. The third-order valence-corrected chi connectivity index (χ3v) is 5.52. The summed E-state index contributed by atoms with van der Waals surface area (Å²) in [5.41, 5.74) is 1.89. The lowest BCUT2D eigenvalue weighted by molar-refractivity contribution is 0.102. The van der Waals surface area contributed by atoms with Gasteiger partial charge in [0.15, 0.2) is 5.82 Å². The fourth-order valence-corrected chi connectivity index (χ4v) is 3.96. The Hall–Kier alpha value is -3.88. The van der Waals surface area contributed by atoms with E-state index in [1.807, 2.05) is 12.1 Å². The van der Waals surface area contributed by atoms with Gasteiger partial charge in [-0.1, -0.05) is 0 Å². The maximum absolute atomic E-state index is 14.3. The average molecular weight is 434 g/mol. The van der Waals surface area contributed by atoms with Crippen LogP contribution < -0.4 is 5.32 Å². The van der Waals surface area contributed by atoms with E-state index in [4.69, 9.17) is 0 Å². The number of fused-ring (bicyclic) bond motifs is 1. The molecule has 1 amide bonds. The number of nitrogens with one attached hydrogen (secondary N) is 1. The monoisotopic (exact) mass is 434 g/mol. The van der Waals surface area contributed by atoms with Gasteiger partial charge in [0.1, 0.15) is 23.2 Å². The minimum absolute atomic E-state index is 0.0593. The Labute approximate surface area is 182 Å². The second-order valence-corrected chi connectivity index (χ2v) is 7.77. The molecule has 0 fully saturated rings. The summed E-state index contributed by atoms with van der Waals surface area (Å²) in [6, 6.07) is 10.5. The molecular formula is C23H20F2N6O. The van der Waals surface area contributed by atoms with Crippen molar-refractivity contribution in [3.05, 3.63) is 71.7 Å². The number of aromatic nitrogens is 5. The van der Waals surface area contributed by atoms with Gasteiger partial charge in [-0.3, -0.25) is 9.48 Å². The van der Waals surface area contributed by atoms with Gasteiger partial charge >= 0.3 is 0 Å². The van der Waals surface area contributed by atoms with Crippen LogP contribution in [0, 0.1) is 11.6 Å². The van der Waals surface area contributed by atoms with Crippen molar-refractivity contribution in [2.45, 2.75) is 25.8 Å². The predicted molar refractivity (Wildman–Crippen MR) is 115 cm³/mol. The highest BCUT2D eigenvalue weighted by molar-refractivity contribution is 6.08. The number of aryl methyl sites for hydroxylation is 2. The minimum atomic E-state index is -0.779. The smallest absolute Gasteiger partial charge is 0.259 e. The lowest BCUT2D eigenvalue weighted by Gasteiger charge is -2.14. The van der Waals surface area contributed by atoms with Gasteiger partial charge < -0.3 is 9.88 Å². The number of hydrogen-bond acceptors (Lipinski definition) is 4. The zero-order valence-electron chi connectivity index (χ0n) is 17.3. The first-order valence-electron chi connectivity index (χ1n) is 10.3. The molecule has 0 aliphatic carbocycles. The molecule has 0 unspecified atom stereocenters. The van der Waals surface area contributed by atoms with E-state index in [0.717, 1.165) is 55.2 Å². The lowest BCUT2D eigenvalue weighted by Crippen LogP contribution is -2.13. The topological polar surface area (TPSA) is 77.6 Å². The van der Waals surface area contributed by atoms with E-state index >= 15 is 0 Å². The second kappa shape index (κ2) is 7.99. The van der Waals surface area contributed by atoms with E-state index in [-0.39, 0.29) is 16.8 Å². The summed E-state index contributed by atoms with van der Waals surface area (Å²) in [6.07, 6.45) is 4.67. The molecule has 2 aromatic heterocycles. The van der Waals surface area contributed by atoms with Crippen molar-refractivity contribution < 1.29 is 13.6 Å². The van der Waals surface area contributed by atoms with E-state index in [2.05, 4.69) is 25.2 Å². The number of anilines is 1. The molecule has 9 heteroatoms. The number of benzene rings is 2. The highest BCUT2D eigenvalue weighted by Gasteiger charge is 2.21. The van der Waals surface area contributed by atoms with Crippen LogP contribution in [0.15, 0.2) is 48.7 Å². The molecule has 5 rings (SSSR count). The summed E-state index contributed by atoms with van der Waals surface area (Å²) in [6.45, 7) is 0.903. The molecule has 1 aliphatic heterocycles. The van der Waals surface area contributed by atoms with Gasteiger partial charge in [-0.05, 0) is 49.2 Å². The largest absolute Gasteiger partial charge is 0.322 e. The zero-order chi connectivity index (χ0) is 22.2. The molecule has 3 heterocycles. The van der Waals surface area contributed by atoms with Crippen molar-refractivity contribution in [2.24, 2.45) is 7.05 Å². The van der Waals surface area contributed by atoms with Crippen LogP contribution in [0.5, 0.6) is 0 Å². The summed E-state index contributed by atoms with van der Waals surface area (Å²) < 4.78 is 31.1. The molecule has 1 aliphatic rings. The molecule has 162 valence electrons. The van der Waals surface area contributed by atoms with Crippen LogP contribution in [0.1, 0.15) is 29.0 Å². The summed E-state index contributed by atoms with van der Waals surface area (Å²) >= 11 is 0. The van der Waals surface area contributed by atoms with Gasteiger partial charge in [-0.2, -0.15) is 5.10 Å². The first kappa shape index (κ1) is 20.0. The maximum Gasteiger partial charge on any atom is 0.259 e. The number of rotatable bonds is 4. The first-order valence-corrected chi connectivity index (χ1v) is 10.3. The van der Waals surface area contributed by atoms with E-state index in [1.165, 1.54) is 16.9 Å². The average Bonchev–Trinajstić information content (AvgIpc) is 3.38. The van der Waals surface area contributed by atoms with Crippen molar-refractivity contribution in [1.82, 2.24) is 24.5 Å². The lowest BCUT2D eigenvalue weighted by atomic mass is 10.1. The minimum Gasteiger partial charge on any atom is -0.322 e. The maximum atomic E-state index is 14.3. The molecule has 32 heavy (non-hydrogen) atoms. The number of carbonyl (C=O) groups excluding carboxylic acids is 1. The van der Waals surface area contributed by atoms with Crippen LogP contribution in [0.4, 0.5) is 14.5 Å². The van der Waals surface area contributed by atoms with Gasteiger partial charge in [0.25, 0.3) is 5.91 Å². The second-order valence-electron chi connectivity index (χ2n) is 7.77. The van der Waals surface area contributed by atoms with E-state index in [0.29, 0.717) is 5.69 Å². The standard InChI is InChI=1S/C23H20F2N6O/c1-30-13-18(21(29-30)17-10-7-15(24)12-19(17)25)23(32)26-16-8-5-14(6-9-16)22-28-27-20-4-2-3-11-31(20)22/h5-10,12-13H,2-4,11H2,1H3,(H,26,32). The summed E-state index contributed by atoms with van der Waals surface area (Å²) in [5.74, 6) is -0.0925. The Morgan fingerprint density at radius 3 is 2.66 bits per heavy atom. The number of amides is 1. The molecule has 7 nitrogen and oxygen atoms in total. The molecule has 0 spiro atoms. The van der Waals surface area contributed by atoms with Crippen LogP contribution in [0.3, 0.4) is 0 Å². The Balaban J connectivity index is 1.39. The van der Waals surface area contributed by atoms with Gasteiger partial charge in [-0.25, -0.2) is 8.78 Å². The van der Waals surface area contributed by atoms with Crippen molar-refractivity contribution in [1.29, 1.82) is 0 Å². The molecular weight excluding hydrogens is 414 g/mol. The van der Waals surface area contributed by atoms with E-state index < -0.39 is 17.5 Å². The van der Waals surface area contributed by atoms with Crippen LogP contribution in [-0.4, -0.2) is 30.5 Å². The third-order valence-electron chi connectivity index (χ3n) is 5.52. The Morgan fingerprint density at radius 1 is 1.06 bits per heavy atom. The number of carbonyl (C=O) groups is 1. The molecule has 0 saturated carbocycles. The quantitative estimate of drug-likeness (QED) is 0.522. The van der Waals surface area contributed by atoms with E-state index in [9.17, 15) is 13.6 Å². The Morgan fingerprint density at radius 2 is 1.88 bits per heavy atom. The van der Waals surface area contributed by atoms with E-state index in [1.54, 1.807) is 19.2 Å². The molecule has 0 bridgehead atoms. The van der Waals surface area contributed by atoms with Crippen LogP contribution in [0.2, 0.25) is 0 Å². The van der Waals surface area contributed by atoms with Gasteiger partial charge in [0, 0.05) is 49.1 Å². The number of halogens is 2. The molecule has 2 aromatic carbocycles. The van der Waals surface area contributed by atoms with Crippen LogP contribution in [-0.2, 0) is 20.0 Å². The number of hydrogen-bond donors (Lipinski definition) is 1. The highest BCUT2D eigenvalue weighted by Crippen LogP contribution is 2.27. The molecule has 1 N–H and O–H groups in total. The SMILES string of the molecule is Cn1cc(C(=O)Nc2ccc(-c3nnc4n3CCCC4)cc2)c(-c2ccc(F)cc2F)n1. The zero-order valence-corrected chi connectivity index (χ0v) is 17.3. The fourth-order valence-electron chi connectivity index (χ4n) is 3.96. The van der Waals surface area contributed by atoms with Crippen LogP contribution in [0.25, 0.3) is 22.6 Å². The summed E-state index contributed by atoms with van der Waals surface area (Å²) in [5, 5.41) is 15.6. The highest BCUT2D eigenvalue weighted by atomic mass is 19.1.